The monoisotopic (exact) mass is 198 g/mol. The Kier molecular flexibility index (Phi) is 8.30. The molecule has 0 spiro atoms. The number of hydrogen-bond acceptors (Lipinski definition) is 2. The Morgan fingerprint density at radius 1 is 1.36 bits per heavy atom. The highest BCUT2D eigenvalue weighted by atomic mass is 16.5. The Bertz CT molecular complexity index is 173. The summed E-state index contributed by atoms with van der Waals surface area (Å²) in [5, 5.41) is 0. The van der Waals surface area contributed by atoms with Gasteiger partial charge in [0.15, 0.2) is 0 Å². The molecule has 0 aromatic carbocycles. The van der Waals surface area contributed by atoms with Crippen molar-refractivity contribution < 1.29 is 9.53 Å². The third-order valence-corrected chi connectivity index (χ3v) is 2.22. The first-order valence-electron chi connectivity index (χ1n) is 5.51. The molecule has 14 heavy (non-hydrogen) atoms. The van der Waals surface area contributed by atoms with E-state index in [1.165, 1.54) is 6.42 Å². The summed E-state index contributed by atoms with van der Waals surface area (Å²) in [6.45, 7) is 6.74. The summed E-state index contributed by atoms with van der Waals surface area (Å²) in [5.74, 6) is 0.648. The fourth-order valence-electron chi connectivity index (χ4n) is 1.05. The summed E-state index contributed by atoms with van der Waals surface area (Å²) in [4.78, 5) is 10.9. The van der Waals surface area contributed by atoms with E-state index in [4.69, 9.17) is 4.74 Å². The Morgan fingerprint density at radius 2 is 2.07 bits per heavy atom. The second kappa shape index (κ2) is 8.79. The average Bonchev–Trinajstić information content (AvgIpc) is 2.17. The van der Waals surface area contributed by atoms with Gasteiger partial charge in [-0.25, -0.2) is 0 Å². The van der Waals surface area contributed by atoms with Crippen molar-refractivity contribution in [2.75, 3.05) is 6.61 Å². The van der Waals surface area contributed by atoms with Crippen LogP contribution in [-0.2, 0) is 9.53 Å². The van der Waals surface area contributed by atoms with Crippen molar-refractivity contribution in [3.05, 3.63) is 12.2 Å². The quantitative estimate of drug-likeness (QED) is 0.463. The lowest BCUT2D eigenvalue weighted by molar-refractivity contribution is -0.142. The van der Waals surface area contributed by atoms with Gasteiger partial charge < -0.3 is 4.74 Å². The number of rotatable bonds is 7. The topological polar surface area (TPSA) is 26.3 Å². The Morgan fingerprint density at radius 3 is 2.64 bits per heavy atom. The molecule has 0 aliphatic rings. The number of carbonyl (C=O) groups is 1. The van der Waals surface area contributed by atoms with Gasteiger partial charge in [-0.15, -0.1) is 0 Å². The predicted molar refractivity (Wildman–Crippen MR) is 59.1 cm³/mol. The van der Waals surface area contributed by atoms with Crippen LogP contribution in [0.25, 0.3) is 0 Å². The van der Waals surface area contributed by atoms with E-state index in [0.29, 0.717) is 13.0 Å². The van der Waals surface area contributed by atoms with Crippen LogP contribution in [-0.4, -0.2) is 12.6 Å². The lowest BCUT2D eigenvalue weighted by atomic mass is 10.0. The number of hydrogen-bond donors (Lipinski definition) is 0. The average molecular weight is 198 g/mol. The normalized spacial score (nSPS) is 13.1. The Labute approximate surface area is 87.3 Å². The van der Waals surface area contributed by atoms with E-state index in [9.17, 15) is 4.79 Å². The highest BCUT2D eigenvalue weighted by Gasteiger charge is 1.98. The van der Waals surface area contributed by atoms with Gasteiger partial charge in [-0.2, -0.15) is 0 Å². The second-order valence-corrected chi connectivity index (χ2v) is 3.56. The minimum Gasteiger partial charge on any atom is -0.466 e. The predicted octanol–water partition coefficient (Wildman–Crippen LogP) is 3.32. The second-order valence-electron chi connectivity index (χ2n) is 3.56. The van der Waals surface area contributed by atoms with Crippen molar-refractivity contribution in [2.24, 2.45) is 5.92 Å². The summed E-state index contributed by atoms with van der Waals surface area (Å²) in [7, 11) is 0. The van der Waals surface area contributed by atoms with Gasteiger partial charge in [-0.1, -0.05) is 32.4 Å². The summed E-state index contributed by atoms with van der Waals surface area (Å²) in [6.07, 6.45) is 7.86. The SMILES string of the molecule is CCOC(=O)CCC=CCC(C)CC. The van der Waals surface area contributed by atoms with Crippen LogP contribution >= 0.6 is 0 Å². The molecule has 0 rings (SSSR count). The number of allylic oxidation sites excluding steroid dienone is 2. The molecule has 0 fully saturated rings. The molecule has 1 atom stereocenters. The van der Waals surface area contributed by atoms with Crippen molar-refractivity contribution in [1.29, 1.82) is 0 Å². The molecule has 0 radical (unpaired) electrons. The van der Waals surface area contributed by atoms with Gasteiger partial charge in [0.25, 0.3) is 0 Å². The molecule has 0 amide bonds. The van der Waals surface area contributed by atoms with E-state index < -0.39 is 0 Å². The number of carbonyl (C=O) groups excluding carboxylic acids is 1. The maximum atomic E-state index is 10.9. The fourth-order valence-corrected chi connectivity index (χ4v) is 1.05. The molecule has 0 aliphatic carbocycles. The van der Waals surface area contributed by atoms with Gasteiger partial charge >= 0.3 is 5.97 Å². The van der Waals surface area contributed by atoms with Crippen molar-refractivity contribution >= 4 is 5.97 Å². The molecule has 2 heteroatoms. The molecule has 0 aromatic heterocycles. The molecular weight excluding hydrogens is 176 g/mol. The molecule has 0 heterocycles. The molecular formula is C12H22O2. The van der Waals surface area contributed by atoms with Gasteiger partial charge in [0.2, 0.25) is 0 Å². The van der Waals surface area contributed by atoms with Crippen LogP contribution in [0, 0.1) is 5.92 Å². The van der Waals surface area contributed by atoms with Gasteiger partial charge in [-0.05, 0) is 25.7 Å². The standard InChI is InChI=1S/C12H22O2/c1-4-11(3)9-7-6-8-10-12(13)14-5-2/h6-7,11H,4-5,8-10H2,1-3H3. The van der Waals surface area contributed by atoms with Gasteiger partial charge in [0.05, 0.1) is 6.61 Å². The zero-order valence-corrected chi connectivity index (χ0v) is 9.58. The lowest BCUT2D eigenvalue weighted by Gasteiger charge is -2.02. The van der Waals surface area contributed by atoms with E-state index in [-0.39, 0.29) is 5.97 Å². The summed E-state index contributed by atoms with van der Waals surface area (Å²) >= 11 is 0. The van der Waals surface area contributed by atoms with E-state index in [0.717, 1.165) is 18.8 Å². The first-order valence-corrected chi connectivity index (χ1v) is 5.51. The molecule has 2 nitrogen and oxygen atoms in total. The van der Waals surface area contributed by atoms with E-state index in [1.54, 1.807) is 0 Å². The van der Waals surface area contributed by atoms with Crippen LogP contribution < -0.4 is 0 Å². The van der Waals surface area contributed by atoms with E-state index in [1.807, 2.05) is 6.92 Å². The highest BCUT2D eigenvalue weighted by Crippen LogP contribution is 2.07. The molecule has 0 aromatic rings. The molecule has 1 unspecified atom stereocenters. The van der Waals surface area contributed by atoms with Crippen LogP contribution in [0.1, 0.15) is 46.5 Å². The van der Waals surface area contributed by atoms with E-state index in [2.05, 4.69) is 26.0 Å². The summed E-state index contributed by atoms with van der Waals surface area (Å²) < 4.78 is 4.82. The molecule has 0 saturated carbocycles. The van der Waals surface area contributed by atoms with Crippen molar-refractivity contribution in [3.63, 3.8) is 0 Å². The molecule has 0 bridgehead atoms. The minimum atomic E-state index is -0.0966. The maximum absolute atomic E-state index is 10.9. The summed E-state index contributed by atoms with van der Waals surface area (Å²) in [6, 6.07) is 0. The maximum Gasteiger partial charge on any atom is 0.306 e. The fraction of sp³-hybridized carbons (Fsp3) is 0.750. The first-order chi connectivity index (χ1) is 6.70. The van der Waals surface area contributed by atoms with Crippen LogP contribution in [0.4, 0.5) is 0 Å². The number of esters is 1. The highest BCUT2D eigenvalue weighted by molar-refractivity contribution is 5.69. The van der Waals surface area contributed by atoms with Crippen LogP contribution in [0.2, 0.25) is 0 Å². The minimum absolute atomic E-state index is 0.0966. The Balaban J connectivity index is 3.39. The molecule has 0 N–H and O–H groups in total. The Hall–Kier alpha value is -0.790. The zero-order valence-electron chi connectivity index (χ0n) is 9.58. The molecule has 0 saturated heterocycles. The third-order valence-electron chi connectivity index (χ3n) is 2.22. The van der Waals surface area contributed by atoms with Gasteiger partial charge in [0.1, 0.15) is 0 Å². The van der Waals surface area contributed by atoms with Crippen LogP contribution in [0.15, 0.2) is 12.2 Å². The zero-order chi connectivity index (χ0) is 10.8. The van der Waals surface area contributed by atoms with Gasteiger partial charge in [-0.3, -0.25) is 4.79 Å². The first kappa shape index (κ1) is 13.2. The summed E-state index contributed by atoms with van der Waals surface area (Å²) in [5.41, 5.74) is 0. The lowest BCUT2D eigenvalue weighted by Crippen LogP contribution is -2.02. The van der Waals surface area contributed by atoms with Crippen molar-refractivity contribution in [2.45, 2.75) is 46.5 Å². The van der Waals surface area contributed by atoms with Crippen LogP contribution in [0.3, 0.4) is 0 Å². The van der Waals surface area contributed by atoms with Crippen molar-refractivity contribution in [3.8, 4) is 0 Å². The molecule has 0 aliphatic heterocycles. The smallest absolute Gasteiger partial charge is 0.306 e. The molecule has 82 valence electrons. The van der Waals surface area contributed by atoms with Crippen LogP contribution in [0.5, 0.6) is 0 Å². The van der Waals surface area contributed by atoms with Crippen molar-refractivity contribution in [1.82, 2.24) is 0 Å². The largest absolute Gasteiger partial charge is 0.466 e. The number of ether oxygens (including phenoxy) is 1. The third kappa shape index (κ3) is 7.84. The van der Waals surface area contributed by atoms with E-state index >= 15 is 0 Å². The van der Waals surface area contributed by atoms with Gasteiger partial charge in [0, 0.05) is 6.42 Å².